The minimum Gasteiger partial charge on any atom is -0.0543 e. The van der Waals surface area contributed by atoms with E-state index in [9.17, 15) is 0 Å². The van der Waals surface area contributed by atoms with Crippen LogP contribution in [0.1, 0.15) is 47.2 Å². The van der Waals surface area contributed by atoms with Gasteiger partial charge >= 0.3 is 0 Å². The average molecular weight is 250 g/mol. The van der Waals surface area contributed by atoms with E-state index in [1.165, 1.54) is 44.5 Å². The van der Waals surface area contributed by atoms with E-state index in [4.69, 9.17) is 0 Å². The minimum absolute atomic E-state index is 0.127. The molecular formula is C19H22. The maximum Gasteiger partial charge on any atom is 0.0159 e. The highest BCUT2D eigenvalue weighted by molar-refractivity contribution is 5.82. The second kappa shape index (κ2) is 3.72. The Kier molecular flexibility index (Phi) is 2.44. The molecule has 2 aromatic rings. The molecule has 1 aliphatic rings. The van der Waals surface area contributed by atoms with Gasteiger partial charge in [-0.3, -0.25) is 0 Å². The summed E-state index contributed by atoms with van der Waals surface area (Å²) >= 11 is 0. The first-order valence-corrected chi connectivity index (χ1v) is 7.06. The number of benzene rings is 2. The molecule has 0 aromatic heterocycles. The van der Waals surface area contributed by atoms with Crippen LogP contribution in [0.2, 0.25) is 0 Å². The van der Waals surface area contributed by atoms with E-state index in [1.807, 2.05) is 0 Å². The molecule has 1 aliphatic carbocycles. The Morgan fingerprint density at radius 3 is 1.26 bits per heavy atom. The highest BCUT2D eigenvalue weighted by Crippen LogP contribution is 2.49. The Labute approximate surface area is 116 Å². The van der Waals surface area contributed by atoms with Crippen LogP contribution in [0, 0.1) is 27.7 Å². The summed E-state index contributed by atoms with van der Waals surface area (Å²) in [4.78, 5) is 0. The highest BCUT2D eigenvalue weighted by Gasteiger charge is 2.35. The van der Waals surface area contributed by atoms with Gasteiger partial charge in [0.05, 0.1) is 0 Å². The normalized spacial score (nSPS) is 15.3. The van der Waals surface area contributed by atoms with E-state index in [0.29, 0.717) is 0 Å². The first-order valence-electron chi connectivity index (χ1n) is 7.06. The Morgan fingerprint density at radius 2 is 0.895 bits per heavy atom. The van der Waals surface area contributed by atoms with E-state index in [0.717, 1.165) is 0 Å². The van der Waals surface area contributed by atoms with Crippen molar-refractivity contribution in [3.05, 3.63) is 57.6 Å². The van der Waals surface area contributed by atoms with Crippen LogP contribution >= 0.6 is 0 Å². The summed E-state index contributed by atoms with van der Waals surface area (Å²) in [6.45, 7) is 13.5. The predicted octanol–water partition coefficient (Wildman–Crippen LogP) is 5.23. The highest BCUT2D eigenvalue weighted by atomic mass is 14.4. The molecule has 0 aliphatic heterocycles. The summed E-state index contributed by atoms with van der Waals surface area (Å²) in [6.07, 6.45) is 0. The standard InChI is InChI=1S/C19H22/c1-11-7-15-16-8-12(2)14(4)10-18(16)19(5,6)17(15)9-13(11)3/h7-10H,1-6H3. The monoisotopic (exact) mass is 250 g/mol. The van der Waals surface area contributed by atoms with Crippen LogP contribution in [0.4, 0.5) is 0 Å². The van der Waals surface area contributed by atoms with Crippen molar-refractivity contribution in [2.75, 3.05) is 0 Å². The van der Waals surface area contributed by atoms with Gasteiger partial charge in [0.15, 0.2) is 0 Å². The summed E-state index contributed by atoms with van der Waals surface area (Å²) in [6, 6.07) is 9.50. The van der Waals surface area contributed by atoms with Gasteiger partial charge in [-0.15, -0.1) is 0 Å². The third-order valence-electron chi connectivity index (χ3n) is 4.90. The van der Waals surface area contributed by atoms with Gasteiger partial charge in [-0.1, -0.05) is 38.1 Å². The molecule has 0 nitrogen and oxygen atoms in total. The fourth-order valence-corrected chi connectivity index (χ4v) is 3.26. The van der Waals surface area contributed by atoms with Crippen molar-refractivity contribution in [3.8, 4) is 11.1 Å². The zero-order chi connectivity index (χ0) is 13.9. The van der Waals surface area contributed by atoms with E-state index in [2.05, 4.69) is 65.8 Å². The van der Waals surface area contributed by atoms with Crippen molar-refractivity contribution in [2.24, 2.45) is 0 Å². The van der Waals surface area contributed by atoms with Crippen molar-refractivity contribution < 1.29 is 0 Å². The maximum atomic E-state index is 2.38. The molecule has 0 heteroatoms. The summed E-state index contributed by atoms with van der Waals surface area (Å²) in [5.74, 6) is 0. The Hall–Kier alpha value is -1.56. The fourth-order valence-electron chi connectivity index (χ4n) is 3.26. The third kappa shape index (κ3) is 1.59. The topological polar surface area (TPSA) is 0 Å². The molecular weight excluding hydrogens is 228 g/mol. The lowest BCUT2D eigenvalue weighted by Crippen LogP contribution is -2.15. The van der Waals surface area contributed by atoms with Crippen LogP contribution in [-0.2, 0) is 5.41 Å². The quantitative estimate of drug-likeness (QED) is 0.601. The molecule has 0 saturated carbocycles. The van der Waals surface area contributed by atoms with Gasteiger partial charge in [0.1, 0.15) is 0 Å². The van der Waals surface area contributed by atoms with Crippen LogP contribution in [0.5, 0.6) is 0 Å². The molecule has 19 heavy (non-hydrogen) atoms. The molecule has 98 valence electrons. The zero-order valence-corrected chi connectivity index (χ0v) is 12.8. The predicted molar refractivity (Wildman–Crippen MR) is 83.0 cm³/mol. The summed E-state index contributed by atoms with van der Waals surface area (Å²) in [5.41, 5.74) is 11.5. The van der Waals surface area contributed by atoms with Crippen LogP contribution in [0.25, 0.3) is 11.1 Å². The molecule has 0 unspecified atom stereocenters. The lowest BCUT2D eigenvalue weighted by molar-refractivity contribution is 0.659. The van der Waals surface area contributed by atoms with Gasteiger partial charge in [0, 0.05) is 5.41 Å². The van der Waals surface area contributed by atoms with Gasteiger partial charge < -0.3 is 0 Å². The van der Waals surface area contributed by atoms with Crippen molar-refractivity contribution >= 4 is 0 Å². The Morgan fingerprint density at radius 1 is 0.579 bits per heavy atom. The fraction of sp³-hybridized carbons (Fsp3) is 0.368. The molecule has 0 amide bonds. The third-order valence-corrected chi connectivity index (χ3v) is 4.90. The second-order valence-corrected chi connectivity index (χ2v) is 6.59. The first-order chi connectivity index (χ1) is 8.82. The zero-order valence-electron chi connectivity index (χ0n) is 12.8. The summed E-state index contributed by atoms with van der Waals surface area (Å²) in [5, 5.41) is 0. The van der Waals surface area contributed by atoms with Gasteiger partial charge in [-0.05, 0) is 72.2 Å². The van der Waals surface area contributed by atoms with Crippen molar-refractivity contribution in [3.63, 3.8) is 0 Å². The van der Waals surface area contributed by atoms with Gasteiger partial charge in [-0.2, -0.15) is 0 Å². The van der Waals surface area contributed by atoms with E-state index in [1.54, 1.807) is 0 Å². The molecule has 3 rings (SSSR count). The van der Waals surface area contributed by atoms with Crippen LogP contribution in [0.3, 0.4) is 0 Å². The lowest BCUT2D eigenvalue weighted by Gasteiger charge is -2.22. The number of fused-ring (bicyclic) bond motifs is 3. The van der Waals surface area contributed by atoms with Gasteiger partial charge in [0.2, 0.25) is 0 Å². The van der Waals surface area contributed by atoms with Crippen molar-refractivity contribution in [1.29, 1.82) is 0 Å². The van der Waals surface area contributed by atoms with Gasteiger partial charge in [0.25, 0.3) is 0 Å². The van der Waals surface area contributed by atoms with E-state index in [-0.39, 0.29) is 5.41 Å². The molecule has 0 bridgehead atoms. The summed E-state index contributed by atoms with van der Waals surface area (Å²) in [7, 11) is 0. The van der Waals surface area contributed by atoms with E-state index < -0.39 is 0 Å². The Bertz CT molecular complexity index is 628. The largest absolute Gasteiger partial charge is 0.0543 e. The molecule has 0 fully saturated rings. The number of hydrogen-bond donors (Lipinski definition) is 0. The molecule has 0 heterocycles. The number of hydrogen-bond acceptors (Lipinski definition) is 0. The van der Waals surface area contributed by atoms with Crippen LogP contribution in [-0.4, -0.2) is 0 Å². The van der Waals surface area contributed by atoms with Crippen LogP contribution in [0.15, 0.2) is 24.3 Å². The van der Waals surface area contributed by atoms with E-state index >= 15 is 0 Å². The minimum atomic E-state index is 0.127. The number of aryl methyl sites for hydroxylation is 4. The summed E-state index contributed by atoms with van der Waals surface area (Å²) < 4.78 is 0. The molecule has 0 radical (unpaired) electrons. The number of rotatable bonds is 0. The molecule has 2 aromatic carbocycles. The molecule has 0 spiro atoms. The van der Waals surface area contributed by atoms with Crippen LogP contribution < -0.4 is 0 Å². The van der Waals surface area contributed by atoms with Crippen molar-refractivity contribution in [2.45, 2.75) is 47.0 Å². The molecule has 0 saturated heterocycles. The SMILES string of the molecule is Cc1cc2c(cc1C)C(C)(C)c1cc(C)c(C)cc1-2. The second-order valence-electron chi connectivity index (χ2n) is 6.59. The molecule has 0 atom stereocenters. The molecule has 0 N–H and O–H groups in total. The van der Waals surface area contributed by atoms with Gasteiger partial charge in [-0.25, -0.2) is 0 Å². The smallest absolute Gasteiger partial charge is 0.0159 e. The Balaban J connectivity index is 2.40. The lowest BCUT2D eigenvalue weighted by atomic mass is 9.81. The average Bonchev–Trinajstić information content (AvgIpc) is 2.52. The van der Waals surface area contributed by atoms with Crippen molar-refractivity contribution in [1.82, 2.24) is 0 Å². The first kappa shape index (κ1) is 12.5. The maximum absolute atomic E-state index is 2.38.